The van der Waals surface area contributed by atoms with Gasteiger partial charge in [0.2, 0.25) is 0 Å². The predicted octanol–water partition coefficient (Wildman–Crippen LogP) is 1.57. The summed E-state index contributed by atoms with van der Waals surface area (Å²) in [6.45, 7) is 7.95. The van der Waals surface area contributed by atoms with Crippen molar-refractivity contribution in [3.8, 4) is 0 Å². The minimum Gasteiger partial charge on any atom is -0.383 e. The van der Waals surface area contributed by atoms with E-state index in [9.17, 15) is 4.79 Å². The van der Waals surface area contributed by atoms with Gasteiger partial charge in [0.1, 0.15) is 5.78 Å². The molecular weight excluding hydrogens is 190 g/mol. The largest absolute Gasteiger partial charge is 0.383 e. The molecule has 0 atom stereocenters. The minimum atomic E-state index is 0.306. The zero-order valence-corrected chi connectivity index (χ0v) is 10.2. The first-order chi connectivity index (χ1) is 7.13. The van der Waals surface area contributed by atoms with Crippen molar-refractivity contribution in [3.63, 3.8) is 0 Å². The zero-order valence-electron chi connectivity index (χ0n) is 10.2. The number of methoxy groups -OCH3 is 1. The van der Waals surface area contributed by atoms with Crippen molar-refractivity contribution < 1.29 is 9.53 Å². The second-order valence-corrected chi connectivity index (χ2v) is 4.85. The molecule has 0 aromatic carbocycles. The molecule has 0 aromatic rings. The first-order valence-corrected chi connectivity index (χ1v) is 5.87. The van der Waals surface area contributed by atoms with Gasteiger partial charge in [-0.05, 0) is 12.3 Å². The molecule has 3 nitrogen and oxygen atoms in total. The quantitative estimate of drug-likeness (QED) is 0.643. The molecule has 0 unspecified atom stereocenters. The molecular formula is C12H23NO2. The summed E-state index contributed by atoms with van der Waals surface area (Å²) >= 11 is 0. The molecule has 1 aliphatic rings. The molecule has 0 radical (unpaired) electrons. The summed E-state index contributed by atoms with van der Waals surface area (Å²) < 4.78 is 5.00. The molecule has 1 aliphatic heterocycles. The lowest BCUT2D eigenvalue weighted by Crippen LogP contribution is -2.51. The number of carbonyl (C=O) groups is 1. The maximum atomic E-state index is 11.7. The lowest BCUT2D eigenvalue weighted by Gasteiger charge is -2.38. The van der Waals surface area contributed by atoms with Gasteiger partial charge in [-0.15, -0.1) is 0 Å². The van der Waals surface area contributed by atoms with E-state index < -0.39 is 0 Å². The van der Waals surface area contributed by atoms with Crippen LogP contribution in [0.2, 0.25) is 0 Å². The van der Waals surface area contributed by atoms with Gasteiger partial charge >= 0.3 is 0 Å². The third-order valence-electron chi connectivity index (χ3n) is 2.99. The molecule has 0 bridgehead atoms. The van der Waals surface area contributed by atoms with E-state index in [0.29, 0.717) is 17.6 Å². The fourth-order valence-corrected chi connectivity index (χ4v) is 1.81. The van der Waals surface area contributed by atoms with Gasteiger partial charge in [-0.3, -0.25) is 9.69 Å². The number of likely N-dealkylation sites (tertiary alicyclic amines) is 1. The Morgan fingerprint density at radius 1 is 1.47 bits per heavy atom. The van der Waals surface area contributed by atoms with Crippen LogP contribution in [0, 0.1) is 11.8 Å². The van der Waals surface area contributed by atoms with E-state index in [1.165, 1.54) is 0 Å². The van der Waals surface area contributed by atoms with Crippen LogP contribution in [0.1, 0.15) is 26.7 Å². The summed E-state index contributed by atoms with van der Waals surface area (Å²) in [4.78, 5) is 14.0. The van der Waals surface area contributed by atoms with Crippen LogP contribution in [0.25, 0.3) is 0 Å². The highest BCUT2D eigenvalue weighted by Gasteiger charge is 2.31. The van der Waals surface area contributed by atoms with Crippen molar-refractivity contribution >= 4 is 5.78 Å². The Hall–Kier alpha value is -0.410. The van der Waals surface area contributed by atoms with Crippen LogP contribution in [-0.2, 0) is 9.53 Å². The second kappa shape index (κ2) is 6.23. The molecule has 1 saturated heterocycles. The number of hydrogen-bond donors (Lipinski definition) is 0. The number of ketones is 1. The normalized spacial score (nSPS) is 18.1. The fourth-order valence-electron chi connectivity index (χ4n) is 1.81. The number of rotatable bonds is 7. The number of Topliss-reactive ketones (excluding diaryl/α,β-unsaturated/α-hetero) is 1. The lowest BCUT2D eigenvalue weighted by atomic mass is 9.91. The molecule has 1 rings (SSSR count). The van der Waals surface area contributed by atoms with E-state index in [0.717, 1.165) is 39.1 Å². The van der Waals surface area contributed by atoms with Crippen LogP contribution in [0.4, 0.5) is 0 Å². The summed E-state index contributed by atoms with van der Waals surface area (Å²) in [5.41, 5.74) is 0. The van der Waals surface area contributed by atoms with Gasteiger partial charge < -0.3 is 4.74 Å². The Morgan fingerprint density at radius 3 is 2.67 bits per heavy atom. The van der Waals surface area contributed by atoms with Gasteiger partial charge in [-0.2, -0.15) is 0 Å². The molecule has 0 aliphatic carbocycles. The van der Waals surface area contributed by atoms with E-state index in [1.807, 2.05) is 0 Å². The molecule has 3 heteroatoms. The van der Waals surface area contributed by atoms with Crippen molar-refractivity contribution in [2.24, 2.45) is 11.8 Å². The van der Waals surface area contributed by atoms with Gasteiger partial charge in [0, 0.05) is 39.1 Å². The summed E-state index contributed by atoms with van der Waals surface area (Å²) in [5.74, 6) is 1.40. The Labute approximate surface area is 92.8 Å². The maximum absolute atomic E-state index is 11.7. The lowest BCUT2D eigenvalue weighted by molar-refractivity contribution is -0.128. The van der Waals surface area contributed by atoms with Crippen LogP contribution in [0.15, 0.2) is 0 Å². The molecule has 0 saturated carbocycles. The van der Waals surface area contributed by atoms with Crippen LogP contribution in [0.3, 0.4) is 0 Å². The molecule has 15 heavy (non-hydrogen) atoms. The van der Waals surface area contributed by atoms with E-state index in [-0.39, 0.29) is 0 Å². The highest BCUT2D eigenvalue weighted by molar-refractivity contribution is 5.82. The van der Waals surface area contributed by atoms with Gasteiger partial charge in [-0.25, -0.2) is 0 Å². The predicted molar refractivity (Wildman–Crippen MR) is 60.9 cm³/mol. The van der Waals surface area contributed by atoms with Crippen molar-refractivity contribution in [1.29, 1.82) is 0 Å². The summed E-state index contributed by atoms with van der Waals surface area (Å²) in [6, 6.07) is 0. The standard InChI is InChI=1S/C12H23NO2/c1-10(2)4-5-12(14)11-8-13(9-11)6-7-15-3/h10-11H,4-9H2,1-3H3. The fraction of sp³-hybridized carbons (Fsp3) is 0.917. The Kier molecular flexibility index (Phi) is 5.26. The van der Waals surface area contributed by atoms with Crippen LogP contribution in [0.5, 0.6) is 0 Å². The van der Waals surface area contributed by atoms with Crippen molar-refractivity contribution in [3.05, 3.63) is 0 Å². The smallest absolute Gasteiger partial charge is 0.138 e. The summed E-state index contributed by atoms with van der Waals surface area (Å²) in [5, 5.41) is 0. The van der Waals surface area contributed by atoms with Crippen LogP contribution < -0.4 is 0 Å². The zero-order chi connectivity index (χ0) is 11.3. The molecule has 1 heterocycles. The molecule has 88 valence electrons. The Bertz CT molecular complexity index is 198. The van der Waals surface area contributed by atoms with Crippen molar-refractivity contribution in [2.45, 2.75) is 26.7 Å². The van der Waals surface area contributed by atoms with Crippen molar-refractivity contribution in [1.82, 2.24) is 4.90 Å². The van der Waals surface area contributed by atoms with Crippen LogP contribution >= 0.6 is 0 Å². The second-order valence-electron chi connectivity index (χ2n) is 4.85. The third kappa shape index (κ3) is 4.31. The highest BCUT2D eigenvalue weighted by Crippen LogP contribution is 2.19. The highest BCUT2D eigenvalue weighted by atomic mass is 16.5. The molecule has 0 N–H and O–H groups in total. The Balaban J connectivity index is 2.07. The van der Waals surface area contributed by atoms with Gasteiger partial charge in [0.05, 0.1) is 6.61 Å². The van der Waals surface area contributed by atoms with E-state index in [4.69, 9.17) is 4.74 Å². The molecule has 0 amide bonds. The van der Waals surface area contributed by atoms with Gasteiger partial charge in [-0.1, -0.05) is 13.8 Å². The summed E-state index contributed by atoms with van der Waals surface area (Å²) in [6.07, 6.45) is 1.80. The number of carbonyl (C=O) groups excluding carboxylic acids is 1. The first kappa shape index (κ1) is 12.7. The third-order valence-corrected chi connectivity index (χ3v) is 2.99. The van der Waals surface area contributed by atoms with Crippen molar-refractivity contribution in [2.75, 3.05) is 33.4 Å². The molecule has 0 aromatic heterocycles. The van der Waals surface area contributed by atoms with Gasteiger partial charge in [0.15, 0.2) is 0 Å². The average Bonchev–Trinajstić information content (AvgIpc) is 2.12. The SMILES string of the molecule is COCCN1CC(C(=O)CCC(C)C)C1. The summed E-state index contributed by atoms with van der Waals surface area (Å²) in [7, 11) is 1.71. The monoisotopic (exact) mass is 213 g/mol. The van der Waals surface area contributed by atoms with Crippen LogP contribution in [-0.4, -0.2) is 44.0 Å². The van der Waals surface area contributed by atoms with E-state index >= 15 is 0 Å². The first-order valence-electron chi connectivity index (χ1n) is 5.87. The Morgan fingerprint density at radius 2 is 2.13 bits per heavy atom. The molecule has 1 fully saturated rings. The number of hydrogen-bond acceptors (Lipinski definition) is 3. The minimum absolute atomic E-state index is 0.306. The topological polar surface area (TPSA) is 29.5 Å². The van der Waals surface area contributed by atoms with E-state index in [1.54, 1.807) is 7.11 Å². The van der Waals surface area contributed by atoms with E-state index in [2.05, 4.69) is 18.7 Å². The maximum Gasteiger partial charge on any atom is 0.138 e. The molecule has 0 spiro atoms. The average molecular weight is 213 g/mol. The number of ether oxygens (including phenoxy) is 1. The van der Waals surface area contributed by atoms with Gasteiger partial charge in [0.25, 0.3) is 0 Å². The number of nitrogens with zero attached hydrogens (tertiary/aromatic N) is 1.